The summed E-state index contributed by atoms with van der Waals surface area (Å²) in [6.45, 7) is 0.933. The summed E-state index contributed by atoms with van der Waals surface area (Å²) in [7, 11) is -3.35. The molecule has 0 spiro atoms. The van der Waals surface area contributed by atoms with E-state index in [2.05, 4.69) is 9.71 Å². The van der Waals surface area contributed by atoms with Gasteiger partial charge in [0.15, 0.2) is 0 Å². The highest BCUT2D eigenvalue weighted by Gasteiger charge is 2.21. The molecule has 5 nitrogen and oxygen atoms in total. The minimum absolute atomic E-state index is 0.0347. The number of benzene rings is 1. The largest absolute Gasteiger partial charge is 0.377 e. The van der Waals surface area contributed by atoms with Gasteiger partial charge >= 0.3 is 0 Å². The predicted molar refractivity (Wildman–Crippen MR) is 93.9 cm³/mol. The second-order valence-electron chi connectivity index (χ2n) is 6.01. The minimum Gasteiger partial charge on any atom is -0.377 e. The fourth-order valence-electron chi connectivity index (χ4n) is 2.81. The van der Waals surface area contributed by atoms with E-state index in [1.165, 1.54) is 0 Å². The van der Waals surface area contributed by atoms with Gasteiger partial charge in [-0.15, -0.1) is 0 Å². The lowest BCUT2D eigenvalue weighted by atomic mass is 10.1. The summed E-state index contributed by atoms with van der Waals surface area (Å²) < 4.78 is 32.6. The first-order valence-electron chi connectivity index (χ1n) is 8.22. The molecule has 0 bridgehead atoms. The number of pyridine rings is 1. The van der Waals surface area contributed by atoms with Gasteiger partial charge in [0.1, 0.15) is 0 Å². The lowest BCUT2D eigenvalue weighted by Gasteiger charge is -2.22. The Labute approximate surface area is 143 Å². The summed E-state index contributed by atoms with van der Waals surface area (Å²) in [5, 5.41) is 0. The molecule has 6 heteroatoms. The maximum absolute atomic E-state index is 12.2. The fraction of sp³-hybridized carbons (Fsp3) is 0.389. The van der Waals surface area contributed by atoms with Crippen LogP contribution in [0.25, 0.3) is 11.3 Å². The Balaban J connectivity index is 1.62. The predicted octanol–water partition coefficient (Wildman–Crippen LogP) is 2.74. The summed E-state index contributed by atoms with van der Waals surface area (Å²) in [4.78, 5) is 4.32. The van der Waals surface area contributed by atoms with Gasteiger partial charge in [-0.2, -0.15) is 0 Å². The lowest BCUT2D eigenvalue weighted by Crippen LogP contribution is -2.34. The topological polar surface area (TPSA) is 68.3 Å². The van der Waals surface area contributed by atoms with E-state index in [1.807, 2.05) is 42.5 Å². The van der Waals surface area contributed by atoms with Crippen LogP contribution in [-0.4, -0.2) is 31.9 Å². The minimum atomic E-state index is -3.35. The van der Waals surface area contributed by atoms with Crippen LogP contribution in [0.15, 0.2) is 48.7 Å². The third-order valence-electron chi connectivity index (χ3n) is 4.06. The van der Waals surface area contributed by atoms with Crippen LogP contribution in [0.1, 0.15) is 24.8 Å². The zero-order chi connectivity index (χ0) is 16.8. The maximum atomic E-state index is 12.2. The van der Waals surface area contributed by atoms with Crippen LogP contribution in [0.2, 0.25) is 0 Å². The van der Waals surface area contributed by atoms with E-state index in [1.54, 1.807) is 6.20 Å². The number of aromatic nitrogens is 1. The fourth-order valence-corrected chi connectivity index (χ4v) is 4.07. The molecule has 1 fully saturated rings. The molecule has 3 rings (SSSR count). The highest BCUT2D eigenvalue weighted by molar-refractivity contribution is 7.89. The Morgan fingerprint density at radius 3 is 2.83 bits per heavy atom. The second kappa shape index (κ2) is 7.88. The highest BCUT2D eigenvalue weighted by atomic mass is 32.2. The SMILES string of the molecule is O=S(=O)(C[C@@H]1CCCCO1)NCc1cccc(-c2ccccn2)c1. The highest BCUT2D eigenvalue weighted by Crippen LogP contribution is 2.18. The van der Waals surface area contributed by atoms with Gasteiger partial charge < -0.3 is 4.74 Å². The van der Waals surface area contributed by atoms with Crippen molar-refractivity contribution in [2.24, 2.45) is 0 Å². The number of hydrogen-bond acceptors (Lipinski definition) is 4. The van der Waals surface area contributed by atoms with Crippen molar-refractivity contribution in [1.82, 2.24) is 9.71 Å². The molecule has 1 aliphatic heterocycles. The van der Waals surface area contributed by atoms with Gasteiger partial charge in [0.05, 0.1) is 17.6 Å². The van der Waals surface area contributed by atoms with Crippen LogP contribution in [0.5, 0.6) is 0 Å². The molecule has 0 unspecified atom stereocenters. The van der Waals surface area contributed by atoms with Gasteiger partial charge in [-0.25, -0.2) is 13.1 Å². The molecule has 128 valence electrons. The number of hydrogen-bond donors (Lipinski definition) is 1. The number of sulfonamides is 1. The van der Waals surface area contributed by atoms with Crippen molar-refractivity contribution in [3.8, 4) is 11.3 Å². The van der Waals surface area contributed by atoms with Gasteiger partial charge in [-0.3, -0.25) is 4.98 Å². The Morgan fingerprint density at radius 2 is 2.08 bits per heavy atom. The number of rotatable bonds is 6. The van der Waals surface area contributed by atoms with Gasteiger partial charge in [-0.1, -0.05) is 24.3 Å². The molecule has 1 N–H and O–H groups in total. The Hall–Kier alpha value is -1.76. The van der Waals surface area contributed by atoms with Crippen molar-refractivity contribution in [3.05, 3.63) is 54.2 Å². The first-order chi connectivity index (χ1) is 11.6. The number of nitrogens with zero attached hydrogens (tertiary/aromatic N) is 1. The zero-order valence-electron chi connectivity index (χ0n) is 13.5. The first kappa shape index (κ1) is 17.1. The van der Waals surface area contributed by atoms with Gasteiger partial charge in [0.25, 0.3) is 0 Å². The average Bonchev–Trinajstić information content (AvgIpc) is 2.62. The monoisotopic (exact) mass is 346 g/mol. The van der Waals surface area contributed by atoms with E-state index >= 15 is 0 Å². The molecule has 0 aliphatic carbocycles. The molecular formula is C18H22N2O3S. The number of nitrogens with one attached hydrogen (secondary N) is 1. The molecule has 0 radical (unpaired) electrons. The normalized spacial score (nSPS) is 18.4. The molecule has 1 aromatic heterocycles. The Bertz CT molecular complexity index is 757. The molecule has 1 saturated heterocycles. The molecule has 1 aliphatic rings. The van der Waals surface area contributed by atoms with Crippen molar-refractivity contribution < 1.29 is 13.2 Å². The smallest absolute Gasteiger partial charge is 0.214 e. The third kappa shape index (κ3) is 4.87. The molecule has 2 heterocycles. The Morgan fingerprint density at radius 1 is 1.17 bits per heavy atom. The Kier molecular flexibility index (Phi) is 5.60. The molecule has 24 heavy (non-hydrogen) atoms. The quantitative estimate of drug-likeness (QED) is 0.873. The summed E-state index contributed by atoms with van der Waals surface area (Å²) in [6.07, 6.45) is 4.43. The van der Waals surface area contributed by atoms with E-state index in [0.29, 0.717) is 6.61 Å². The van der Waals surface area contributed by atoms with Crippen LogP contribution in [-0.2, 0) is 21.3 Å². The third-order valence-corrected chi connectivity index (χ3v) is 5.46. The molecule has 2 aromatic rings. The van der Waals surface area contributed by atoms with Crippen molar-refractivity contribution in [2.45, 2.75) is 31.9 Å². The van der Waals surface area contributed by atoms with Gasteiger partial charge in [-0.05, 0) is 43.0 Å². The second-order valence-corrected chi connectivity index (χ2v) is 7.86. The zero-order valence-corrected chi connectivity index (χ0v) is 14.3. The van der Waals surface area contributed by atoms with Crippen molar-refractivity contribution in [1.29, 1.82) is 0 Å². The van der Waals surface area contributed by atoms with Gasteiger partial charge in [0.2, 0.25) is 10.0 Å². The van der Waals surface area contributed by atoms with Crippen molar-refractivity contribution >= 4 is 10.0 Å². The molecule has 1 atom stereocenters. The van der Waals surface area contributed by atoms with E-state index in [4.69, 9.17) is 4.74 Å². The van der Waals surface area contributed by atoms with Crippen LogP contribution in [0.4, 0.5) is 0 Å². The first-order valence-corrected chi connectivity index (χ1v) is 9.87. The van der Waals surface area contributed by atoms with Crippen molar-refractivity contribution in [3.63, 3.8) is 0 Å². The molecular weight excluding hydrogens is 324 g/mol. The number of ether oxygens (including phenoxy) is 1. The summed E-state index contributed by atoms with van der Waals surface area (Å²) in [6, 6.07) is 13.5. The van der Waals surface area contributed by atoms with Crippen LogP contribution in [0, 0.1) is 0 Å². The van der Waals surface area contributed by atoms with E-state index in [0.717, 1.165) is 36.1 Å². The summed E-state index contributed by atoms with van der Waals surface area (Å²) in [5.41, 5.74) is 2.76. The van der Waals surface area contributed by atoms with Crippen LogP contribution < -0.4 is 4.72 Å². The standard InChI is InChI=1S/C18H22N2O3S/c21-24(22,14-17-8-2-4-11-23-17)20-13-15-6-5-7-16(12-15)18-9-1-3-10-19-18/h1,3,5-7,9-10,12,17,20H,2,4,8,11,13-14H2/t17-/m0/s1. The maximum Gasteiger partial charge on any atom is 0.214 e. The molecule has 1 aromatic carbocycles. The summed E-state index contributed by atoms with van der Waals surface area (Å²) in [5.74, 6) is 0.0347. The lowest BCUT2D eigenvalue weighted by molar-refractivity contribution is 0.0304. The van der Waals surface area contributed by atoms with E-state index in [-0.39, 0.29) is 18.4 Å². The molecule has 0 amide bonds. The summed E-state index contributed by atoms with van der Waals surface area (Å²) >= 11 is 0. The van der Waals surface area contributed by atoms with Crippen LogP contribution in [0.3, 0.4) is 0 Å². The molecule has 0 saturated carbocycles. The van der Waals surface area contributed by atoms with Crippen molar-refractivity contribution in [2.75, 3.05) is 12.4 Å². The average molecular weight is 346 g/mol. The van der Waals surface area contributed by atoms with E-state index in [9.17, 15) is 8.42 Å². The van der Waals surface area contributed by atoms with Gasteiger partial charge in [0, 0.05) is 24.9 Å². The van der Waals surface area contributed by atoms with E-state index < -0.39 is 10.0 Å². The van der Waals surface area contributed by atoms with Crippen LogP contribution >= 0.6 is 0 Å².